The van der Waals surface area contributed by atoms with Gasteiger partial charge in [0.15, 0.2) is 10.9 Å². The third-order valence-electron chi connectivity index (χ3n) is 3.97. The van der Waals surface area contributed by atoms with Crippen LogP contribution in [0.15, 0.2) is 36.4 Å². The normalized spacial score (nSPS) is 11.0. The number of nitriles is 1. The third-order valence-corrected chi connectivity index (χ3v) is 5.00. The Morgan fingerprint density at radius 3 is 2.59 bits per heavy atom. The highest BCUT2D eigenvalue weighted by Gasteiger charge is 2.23. The first-order chi connectivity index (χ1) is 12.9. The summed E-state index contributed by atoms with van der Waals surface area (Å²) in [5.41, 5.74) is 0.897. The van der Waals surface area contributed by atoms with Crippen molar-refractivity contribution in [1.82, 2.24) is 4.98 Å². The van der Waals surface area contributed by atoms with E-state index < -0.39 is 11.6 Å². The second-order valence-electron chi connectivity index (χ2n) is 6.33. The van der Waals surface area contributed by atoms with Crippen molar-refractivity contribution in [1.29, 1.82) is 5.26 Å². The van der Waals surface area contributed by atoms with Crippen LogP contribution in [0.3, 0.4) is 0 Å². The van der Waals surface area contributed by atoms with E-state index in [1.54, 1.807) is 24.3 Å². The van der Waals surface area contributed by atoms with E-state index in [9.17, 15) is 13.6 Å². The number of hydrogen-bond acceptors (Lipinski definition) is 4. The largest absolute Gasteiger partial charge is 0.338 e. The summed E-state index contributed by atoms with van der Waals surface area (Å²) in [6.07, 6.45) is 0. The lowest BCUT2D eigenvalue weighted by atomic mass is 10.1. The minimum absolute atomic E-state index is 0.0474. The van der Waals surface area contributed by atoms with Gasteiger partial charge in [0.2, 0.25) is 0 Å². The van der Waals surface area contributed by atoms with Crippen LogP contribution in [-0.4, -0.2) is 38.1 Å². The molecule has 0 unspecified atom stereocenters. The molecule has 0 atom stereocenters. The number of hydrogen-bond donors (Lipinski definition) is 1. The summed E-state index contributed by atoms with van der Waals surface area (Å²) in [5, 5.41) is 9.22. The zero-order chi connectivity index (χ0) is 19.6. The number of thiazole rings is 1. The topological polar surface area (TPSA) is 61.4 Å². The molecular weight excluding hydrogens is 370 g/mol. The molecule has 5 nitrogen and oxygen atoms in total. The maximum Gasteiger partial charge on any atom is 0.260 e. The molecule has 8 heteroatoms. The van der Waals surface area contributed by atoms with Gasteiger partial charge in [0.25, 0.3) is 5.91 Å². The maximum atomic E-state index is 14.0. The minimum atomic E-state index is -0.753. The molecule has 0 aliphatic carbocycles. The van der Waals surface area contributed by atoms with E-state index in [0.29, 0.717) is 34.0 Å². The average Bonchev–Trinajstić information content (AvgIpc) is 3.05. The SMILES string of the molecule is C[NH+](C)CCN(C(=O)c1ccc(C#N)cc1)c1nc2c(F)cc(F)cc2s1. The van der Waals surface area contributed by atoms with Crippen molar-refractivity contribution in [2.45, 2.75) is 0 Å². The van der Waals surface area contributed by atoms with E-state index in [1.807, 2.05) is 20.2 Å². The molecule has 0 aliphatic heterocycles. The number of benzene rings is 2. The van der Waals surface area contributed by atoms with Crippen molar-refractivity contribution in [2.24, 2.45) is 0 Å². The van der Waals surface area contributed by atoms with Crippen molar-refractivity contribution < 1.29 is 18.5 Å². The molecule has 0 spiro atoms. The zero-order valence-electron chi connectivity index (χ0n) is 14.8. The lowest BCUT2D eigenvalue weighted by Gasteiger charge is -2.20. The number of nitrogens with one attached hydrogen (secondary N) is 1. The van der Waals surface area contributed by atoms with Gasteiger partial charge >= 0.3 is 0 Å². The first-order valence-electron chi connectivity index (χ1n) is 8.25. The predicted octanol–water partition coefficient (Wildman–Crippen LogP) is 2.24. The number of anilines is 1. The van der Waals surface area contributed by atoms with Crippen LogP contribution in [0.1, 0.15) is 15.9 Å². The molecular formula is C19H17F2N4OS+. The predicted molar refractivity (Wildman–Crippen MR) is 100 cm³/mol. The van der Waals surface area contributed by atoms with Gasteiger partial charge in [0, 0.05) is 11.6 Å². The lowest BCUT2D eigenvalue weighted by molar-refractivity contribution is -0.856. The maximum absolute atomic E-state index is 14.0. The van der Waals surface area contributed by atoms with Gasteiger partial charge in [-0.15, -0.1) is 0 Å². The van der Waals surface area contributed by atoms with Crippen LogP contribution in [0, 0.1) is 23.0 Å². The van der Waals surface area contributed by atoms with E-state index >= 15 is 0 Å². The number of nitrogens with zero attached hydrogens (tertiary/aromatic N) is 3. The van der Waals surface area contributed by atoms with Crippen LogP contribution in [0.5, 0.6) is 0 Å². The Morgan fingerprint density at radius 2 is 1.96 bits per heavy atom. The van der Waals surface area contributed by atoms with E-state index in [1.165, 1.54) is 11.0 Å². The van der Waals surface area contributed by atoms with Crippen molar-refractivity contribution in [3.63, 3.8) is 0 Å². The molecule has 0 saturated carbocycles. The van der Waals surface area contributed by atoms with Crippen molar-refractivity contribution >= 4 is 32.6 Å². The fourth-order valence-electron chi connectivity index (χ4n) is 2.52. The molecule has 0 aliphatic rings. The van der Waals surface area contributed by atoms with Gasteiger partial charge in [0.1, 0.15) is 11.3 Å². The van der Waals surface area contributed by atoms with Crippen LogP contribution < -0.4 is 9.80 Å². The summed E-state index contributed by atoms with van der Waals surface area (Å²) < 4.78 is 27.8. The fraction of sp³-hybridized carbons (Fsp3) is 0.211. The van der Waals surface area contributed by atoms with E-state index in [2.05, 4.69) is 4.98 Å². The van der Waals surface area contributed by atoms with E-state index in [0.717, 1.165) is 22.3 Å². The first-order valence-corrected chi connectivity index (χ1v) is 9.07. The monoisotopic (exact) mass is 387 g/mol. The van der Waals surface area contributed by atoms with Crippen LogP contribution in [-0.2, 0) is 0 Å². The van der Waals surface area contributed by atoms with Gasteiger partial charge in [-0.25, -0.2) is 13.8 Å². The molecule has 2 aromatic carbocycles. The number of amides is 1. The van der Waals surface area contributed by atoms with E-state index in [-0.39, 0.29) is 11.4 Å². The molecule has 1 heterocycles. The van der Waals surface area contributed by atoms with Crippen molar-refractivity contribution in [3.05, 3.63) is 59.2 Å². The lowest BCUT2D eigenvalue weighted by Crippen LogP contribution is -3.06. The van der Waals surface area contributed by atoms with Crippen LogP contribution >= 0.6 is 11.3 Å². The summed E-state index contributed by atoms with van der Waals surface area (Å²) >= 11 is 1.07. The molecule has 1 N–H and O–H groups in total. The van der Waals surface area contributed by atoms with Crippen LogP contribution in [0.25, 0.3) is 10.2 Å². The van der Waals surface area contributed by atoms with E-state index in [4.69, 9.17) is 5.26 Å². The van der Waals surface area contributed by atoms with Gasteiger partial charge in [-0.2, -0.15) is 5.26 Å². The highest BCUT2D eigenvalue weighted by atomic mass is 32.1. The number of halogens is 2. The Bertz CT molecular complexity index is 1020. The highest BCUT2D eigenvalue weighted by Crippen LogP contribution is 2.31. The van der Waals surface area contributed by atoms with Gasteiger partial charge in [-0.1, -0.05) is 11.3 Å². The van der Waals surface area contributed by atoms with Gasteiger partial charge in [-0.3, -0.25) is 9.69 Å². The summed E-state index contributed by atoms with van der Waals surface area (Å²) in [6, 6.07) is 10.3. The average molecular weight is 387 g/mol. The standard InChI is InChI=1S/C19H16F2N4OS/c1-24(2)7-8-25(18(26)13-5-3-12(11-22)4-6-13)19-23-17-15(21)9-14(20)10-16(17)27-19/h3-6,9-10H,7-8H2,1-2H3/p+1. The Labute approximate surface area is 159 Å². The number of likely N-dealkylation sites (N-methyl/N-ethyl adjacent to an activating group) is 1. The minimum Gasteiger partial charge on any atom is -0.338 e. The molecule has 3 rings (SSSR count). The number of aromatic nitrogens is 1. The molecule has 27 heavy (non-hydrogen) atoms. The quantitative estimate of drug-likeness (QED) is 0.730. The molecule has 1 aromatic heterocycles. The molecule has 3 aromatic rings. The van der Waals surface area contributed by atoms with Crippen LogP contribution in [0.2, 0.25) is 0 Å². The molecule has 138 valence electrons. The Kier molecular flexibility index (Phi) is 5.44. The Hall–Kier alpha value is -2.89. The number of fused-ring (bicyclic) bond motifs is 1. The van der Waals surface area contributed by atoms with Crippen LogP contribution in [0.4, 0.5) is 13.9 Å². The highest BCUT2D eigenvalue weighted by molar-refractivity contribution is 7.22. The summed E-state index contributed by atoms with van der Waals surface area (Å²) in [7, 11) is 3.91. The zero-order valence-corrected chi connectivity index (χ0v) is 15.6. The second kappa shape index (κ2) is 7.78. The Balaban J connectivity index is 2.01. The third kappa shape index (κ3) is 4.10. The Morgan fingerprint density at radius 1 is 1.26 bits per heavy atom. The number of rotatable bonds is 5. The summed E-state index contributed by atoms with van der Waals surface area (Å²) in [4.78, 5) is 19.9. The molecule has 0 saturated heterocycles. The smallest absolute Gasteiger partial charge is 0.260 e. The number of carbonyl (C=O) groups is 1. The first kappa shape index (κ1) is 18.9. The molecule has 0 fully saturated rings. The fourth-order valence-corrected chi connectivity index (χ4v) is 3.55. The van der Waals surface area contributed by atoms with Gasteiger partial charge in [-0.05, 0) is 30.3 Å². The van der Waals surface area contributed by atoms with Crippen molar-refractivity contribution in [2.75, 3.05) is 32.1 Å². The molecule has 0 bridgehead atoms. The van der Waals surface area contributed by atoms with Crippen molar-refractivity contribution in [3.8, 4) is 6.07 Å². The second-order valence-corrected chi connectivity index (χ2v) is 7.34. The van der Waals surface area contributed by atoms with Gasteiger partial charge < -0.3 is 4.90 Å². The number of carbonyl (C=O) groups excluding carboxylic acids is 1. The number of quaternary nitrogens is 1. The summed E-state index contributed by atoms with van der Waals surface area (Å²) in [5.74, 6) is -1.74. The van der Waals surface area contributed by atoms with Gasteiger partial charge in [0.05, 0.1) is 43.5 Å². The summed E-state index contributed by atoms with van der Waals surface area (Å²) in [6.45, 7) is 1.01. The molecule has 0 radical (unpaired) electrons. The molecule has 1 amide bonds.